The first-order chi connectivity index (χ1) is 14.4. The lowest BCUT2D eigenvalue weighted by atomic mass is 9.44. The number of hydrogen-bond acceptors (Lipinski definition) is 4. The zero-order valence-electron chi connectivity index (χ0n) is 18.8. The van der Waals surface area contributed by atoms with Crippen molar-refractivity contribution in [2.24, 2.45) is 40.4 Å². The first kappa shape index (κ1) is 21.7. The number of Topliss-reactive ketones (excluding diaryl/α,β-unsaturated/α-hetero) is 1. The van der Waals surface area contributed by atoms with Crippen molar-refractivity contribution in [3.8, 4) is 0 Å². The normalized spacial score (nSPS) is 51.7. The van der Waals surface area contributed by atoms with Crippen molar-refractivity contribution < 1.29 is 14.6 Å². The Morgan fingerprint density at radius 2 is 1.80 bits per heavy atom. The molecule has 4 nitrogen and oxygen atoms in total. The molecular formula is C25H40ClNO3. The monoisotopic (exact) mass is 437 g/mol. The quantitative estimate of drug-likeness (QED) is 0.674. The summed E-state index contributed by atoms with van der Waals surface area (Å²) in [6.07, 6.45) is 9.15. The summed E-state index contributed by atoms with van der Waals surface area (Å²) < 4.78 is 5.58. The van der Waals surface area contributed by atoms with Crippen molar-refractivity contribution in [1.29, 1.82) is 0 Å². The summed E-state index contributed by atoms with van der Waals surface area (Å²) in [4.78, 5) is 15.1. The molecule has 1 N–H and O–H groups in total. The van der Waals surface area contributed by atoms with Gasteiger partial charge in [0.1, 0.15) is 0 Å². The van der Waals surface area contributed by atoms with Crippen LogP contribution in [0.2, 0.25) is 0 Å². The van der Waals surface area contributed by atoms with Crippen molar-refractivity contribution in [2.45, 2.75) is 77.4 Å². The van der Waals surface area contributed by atoms with Gasteiger partial charge in [-0.05, 0) is 85.9 Å². The minimum Gasteiger partial charge on any atom is -0.391 e. The predicted octanol–water partition coefficient (Wildman–Crippen LogP) is 4.12. The molecule has 0 amide bonds. The summed E-state index contributed by atoms with van der Waals surface area (Å²) in [5.41, 5.74) is 0.481. The number of morpholine rings is 1. The van der Waals surface area contributed by atoms with E-state index in [9.17, 15) is 9.90 Å². The number of carbonyl (C=O) groups excluding carboxylic acids is 1. The van der Waals surface area contributed by atoms with Crippen LogP contribution in [0, 0.1) is 40.4 Å². The second kappa shape index (κ2) is 8.01. The van der Waals surface area contributed by atoms with Gasteiger partial charge in [0.05, 0.1) is 25.2 Å². The van der Waals surface area contributed by atoms with Crippen molar-refractivity contribution in [3.05, 3.63) is 0 Å². The van der Waals surface area contributed by atoms with Crippen LogP contribution in [-0.4, -0.2) is 60.1 Å². The molecule has 5 aliphatic rings. The number of hydrogen-bond donors (Lipinski definition) is 1. The van der Waals surface area contributed by atoms with E-state index < -0.39 is 0 Å². The topological polar surface area (TPSA) is 49.8 Å². The molecule has 0 radical (unpaired) electrons. The Bertz CT molecular complexity index is 667. The summed E-state index contributed by atoms with van der Waals surface area (Å²) in [6, 6.07) is 0.288. The van der Waals surface area contributed by atoms with Crippen LogP contribution in [0.3, 0.4) is 0 Å². The Balaban J connectivity index is 1.39. The van der Waals surface area contributed by atoms with E-state index >= 15 is 0 Å². The molecule has 5 rings (SSSR count). The maximum absolute atomic E-state index is 12.6. The summed E-state index contributed by atoms with van der Waals surface area (Å²) in [5.74, 6) is 3.47. The van der Waals surface area contributed by atoms with Gasteiger partial charge < -0.3 is 9.84 Å². The second-order valence-electron chi connectivity index (χ2n) is 11.7. The van der Waals surface area contributed by atoms with E-state index in [1.807, 2.05) is 0 Å². The van der Waals surface area contributed by atoms with Crippen molar-refractivity contribution >= 4 is 17.4 Å². The van der Waals surface area contributed by atoms with Gasteiger partial charge in [0.25, 0.3) is 0 Å². The average molecular weight is 438 g/mol. The summed E-state index contributed by atoms with van der Waals surface area (Å²) >= 11 is 5.99. The van der Waals surface area contributed by atoms with E-state index in [4.69, 9.17) is 16.3 Å². The van der Waals surface area contributed by atoms with E-state index in [0.29, 0.717) is 17.3 Å². The van der Waals surface area contributed by atoms with Gasteiger partial charge in [0.15, 0.2) is 5.78 Å². The van der Waals surface area contributed by atoms with Gasteiger partial charge in [-0.1, -0.05) is 13.8 Å². The smallest absolute Gasteiger partial charge is 0.151 e. The van der Waals surface area contributed by atoms with Crippen molar-refractivity contribution in [2.75, 3.05) is 32.2 Å². The van der Waals surface area contributed by atoms with Crippen LogP contribution in [0.5, 0.6) is 0 Å². The molecule has 1 heterocycles. The molecule has 0 aromatic rings. The zero-order chi connectivity index (χ0) is 21.1. The highest BCUT2D eigenvalue weighted by atomic mass is 35.5. The van der Waals surface area contributed by atoms with Crippen LogP contribution < -0.4 is 0 Å². The fourth-order valence-corrected chi connectivity index (χ4v) is 9.37. The van der Waals surface area contributed by atoms with Gasteiger partial charge in [-0.25, -0.2) is 0 Å². The van der Waals surface area contributed by atoms with E-state index in [2.05, 4.69) is 18.7 Å². The SMILES string of the molecule is C[C@]12C[C@H](N3CCOCC3)[C@@H](O)C[C@H]1CC[C@@H]1[C@@H]2CC[C@]2(C)[C@@H](C(=O)CCl)CC[C@@H]12. The van der Waals surface area contributed by atoms with E-state index in [0.717, 1.165) is 57.4 Å². The zero-order valence-corrected chi connectivity index (χ0v) is 19.6. The average Bonchev–Trinajstić information content (AvgIpc) is 3.11. The van der Waals surface area contributed by atoms with E-state index in [1.165, 1.54) is 32.1 Å². The van der Waals surface area contributed by atoms with Gasteiger partial charge in [-0.3, -0.25) is 9.69 Å². The largest absolute Gasteiger partial charge is 0.391 e. The predicted molar refractivity (Wildman–Crippen MR) is 119 cm³/mol. The van der Waals surface area contributed by atoms with Crippen LogP contribution in [0.4, 0.5) is 0 Å². The lowest BCUT2D eigenvalue weighted by Crippen LogP contribution is -2.60. The van der Waals surface area contributed by atoms with Gasteiger partial charge in [-0.2, -0.15) is 0 Å². The molecule has 5 fully saturated rings. The lowest BCUT2D eigenvalue weighted by Gasteiger charge is -2.62. The van der Waals surface area contributed by atoms with E-state index in [1.54, 1.807) is 0 Å². The number of carbonyl (C=O) groups is 1. The summed E-state index contributed by atoms with van der Waals surface area (Å²) in [7, 11) is 0. The van der Waals surface area contributed by atoms with Crippen LogP contribution in [0.1, 0.15) is 65.2 Å². The Labute approximate surface area is 187 Å². The highest BCUT2D eigenvalue weighted by Gasteiger charge is 2.62. The fourth-order valence-electron chi connectivity index (χ4n) is 9.18. The van der Waals surface area contributed by atoms with Gasteiger partial charge in [0.2, 0.25) is 0 Å². The van der Waals surface area contributed by atoms with Gasteiger partial charge in [-0.15, -0.1) is 11.6 Å². The van der Waals surface area contributed by atoms with Gasteiger partial charge >= 0.3 is 0 Å². The minimum absolute atomic E-state index is 0.161. The number of alkyl halides is 1. The summed E-state index contributed by atoms with van der Waals surface area (Å²) in [5, 5.41) is 11.1. The number of aliphatic hydroxyl groups excluding tert-OH is 1. The molecule has 1 saturated heterocycles. The number of rotatable bonds is 3. The molecule has 30 heavy (non-hydrogen) atoms. The maximum atomic E-state index is 12.6. The number of fused-ring (bicyclic) bond motifs is 5. The van der Waals surface area contributed by atoms with Gasteiger partial charge in [0, 0.05) is 25.0 Å². The van der Waals surface area contributed by atoms with Crippen LogP contribution in [-0.2, 0) is 9.53 Å². The Kier molecular flexibility index (Phi) is 5.78. The molecule has 1 aliphatic heterocycles. The standard InChI is InChI=1S/C25H40ClNO3/c1-24-8-7-19-17(18(24)5-6-20(24)23(29)15-26)4-3-16-13-22(28)21(14-25(16,19)2)27-9-11-30-12-10-27/h16-22,28H,3-15H2,1-2H3/t16-,17+,18+,19+,20-,21+,22+,24+,25+/m1/s1. The van der Waals surface area contributed by atoms with Crippen LogP contribution >= 0.6 is 11.6 Å². The minimum atomic E-state index is -0.191. The molecule has 0 aromatic heterocycles. The molecule has 0 spiro atoms. The Morgan fingerprint density at radius 3 is 2.53 bits per heavy atom. The Hall–Kier alpha value is -0.160. The van der Waals surface area contributed by atoms with E-state index in [-0.39, 0.29) is 35.1 Å². The highest BCUT2D eigenvalue weighted by Crippen LogP contribution is 2.67. The third kappa shape index (κ3) is 3.23. The molecule has 0 aromatic carbocycles. The molecule has 4 saturated carbocycles. The molecule has 5 heteroatoms. The molecule has 0 bridgehead atoms. The molecule has 0 unspecified atom stereocenters. The number of ether oxygens (including phenoxy) is 1. The lowest BCUT2D eigenvalue weighted by molar-refractivity contribution is -0.156. The van der Waals surface area contributed by atoms with Crippen molar-refractivity contribution in [3.63, 3.8) is 0 Å². The first-order valence-corrected chi connectivity index (χ1v) is 13.0. The van der Waals surface area contributed by atoms with Crippen molar-refractivity contribution in [1.82, 2.24) is 4.90 Å². The Morgan fingerprint density at radius 1 is 1.07 bits per heavy atom. The molecule has 9 atom stereocenters. The molecule has 4 aliphatic carbocycles. The highest BCUT2D eigenvalue weighted by molar-refractivity contribution is 6.28. The number of halogens is 1. The number of ketones is 1. The van der Waals surface area contributed by atoms with Crippen LogP contribution in [0.25, 0.3) is 0 Å². The first-order valence-electron chi connectivity index (χ1n) is 12.5. The third-order valence-electron chi connectivity index (χ3n) is 10.7. The fraction of sp³-hybridized carbons (Fsp3) is 0.960. The van der Waals surface area contributed by atoms with Crippen LogP contribution in [0.15, 0.2) is 0 Å². The maximum Gasteiger partial charge on any atom is 0.151 e. The summed E-state index contributed by atoms with van der Waals surface area (Å²) in [6.45, 7) is 8.48. The third-order valence-corrected chi connectivity index (χ3v) is 11.0. The number of aliphatic hydroxyl groups is 1. The molecule has 170 valence electrons. The second-order valence-corrected chi connectivity index (χ2v) is 11.9. The number of nitrogens with zero attached hydrogens (tertiary/aromatic N) is 1. The molecular weight excluding hydrogens is 398 g/mol.